The number of aromatic amines is 1. The number of carbonyl (C=O) groups is 1. The Kier molecular flexibility index (Phi) is 4.83. The molecule has 0 aliphatic heterocycles. The number of nitrogens with zero attached hydrogens (tertiary/aromatic N) is 3. The summed E-state index contributed by atoms with van der Waals surface area (Å²) in [5, 5.41) is 2.79. The number of H-pyrrole nitrogens is 1. The average molecular weight is 353 g/mol. The molecule has 0 saturated heterocycles. The second-order valence-corrected chi connectivity index (χ2v) is 5.93. The number of amides is 1. The van der Waals surface area contributed by atoms with E-state index in [0.29, 0.717) is 5.69 Å². The molecule has 1 amide bonds. The topological polar surface area (TPSA) is 102 Å². The molecule has 2 heterocycles. The van der Waals surface area contributed by atoms with Crippen molar-refractivity contribution in [1.82, 2.24) is 19.1 Å². The van der Waals surface area contributed by atoms with E-state index in [1.165, 1.54) is 16.8 Å². The second kappa shape index (κ2) is 7.22. The number of benzene rings is 1. The van der Waals surface area contributed by atoms with Crippen LogP contribution in [-0.2, 0) is 11.3 Å². The first-order valence-electron chi connectivity index (χ1n) is 8.14. The van der Waals surface area contributed by atoms with Crippen LogP contribution in [-0.4, -0.2) is 25.0 Å². The van der Waals surface area contributed by atoms with Crippen molar-refractivity contribution < 1.29 is 4.79 Å². The van der Waals surface area contributed by atoms with Gasteiger partial charge in [0.1, 0.15) is 0 Å². The van der Waals surface area contributed by atoms with E-state index in [0.717, 1.165) is 17.1 Å². The fourth-order valence-corrected chi connectivity index (χ4v) is 2.53. The van der Waals surface area contributed by atoms with Gasteiger partial charge in [-0.1, -0.05) is 0 Å². The smallest absolute Gasteiger partial charge is 0.326 e. The number of rotatable bonds is 5. The normalized spacial score (nSPS) is 10.7. The number of anilines is 1. The Hall–Kier alpha value is -3.42. The zero-order valence-corrected chi connectivity index (χ0v) is 14.5. The van der Waals surface area contributed by atoms with E-state index in [1.54, 1.807) is 6.33 Å². The van der Waals surface area contributed by atoms with Gasteiger partial charge in [-0.25, -0.2) is 9.78 Å². The summed E-state index contributed by atoms with van der Waals surface area (Å²) in [6, 6.07) is 8.67. The molecular formula is C18H19N5O3. The fourth-order valence-electron chi connectivity index (χ4n) is 2.53. The van der Waals surface area contributed by atoms with Gasteiger partial charge in [0.25, 0.3) is 5.56 Å². The molecular weight excluding hydrogens is 334 g/mol. The Bertz CT molecular complexity index is 1040. The number of aromatic nitrogens is 4. The van der Waals surface area contributed by atoms with Crippen molar-refractivity contribution in [2.75, 3.05) is 5.32 Å². The minimum atomic E-state index is -0.527. The van der Waals surface area contributed by atoms with Gasteiger partial charge in [-0.15, -0.1) is 0 Å². The molecule has 0 aliphatic carbocycles. The molecule has 0 radical (unpaired) electrons. The number of nitrogens with one attached hydrogen (secondary N) is 2. The van der Waals surface area contributed by atoms with E-state index in [-0.39, 0.29) is 18.9 Å². The summed E-state index contributed by atoms with van der Waals surface area (Å²) in [6.07, 6.45) is 3.26. The molecule has 0 bridgehead atoms. The quantitative estimate of drug-likeness (QED) is 0.723. The van der Waals surface area contributed by atoms with Gasteiger partial charge in [0.2, 0.25) is 5.91 Å². The summed E-state index contributed by atoms with van der Waals surface area (Å²) < 4.78 is 3.26. The van der Waals surface area contributed by atoms with Crippen molar-refractivity contribution in [2.45, 2.75) is 26.8 Å². The lowest BCUT2D eigenvalue weighted by molar-refractivity contribution is -0.116. The van der Waals surface area contributed by atoms with Crippen molar-refractivity contribution in [2.24, 2.45) is 0 Å². The van der Waals surface area contributed by atoms with E-state index in [2.05, 4.69) is 15.3 Å². The summed E-state index contributed by atoms with van der Waals surface area (Å²) in [7, 11) is 0. The standard InChI is InChI=1S/C18H19N5O3/c1-12-13(2)23(11-19-12)15-5-3-14(4-6-15)20-16(24)7-9-22-10-8-17(25)21-18(22)26/h3-6,8,10-11H,7,9H2,1-2H3,(H,20,24)(H,21,25,26). The molecule has 134 valence electrons. The molecule has 8 heteroatoms. The maximum Gasteiger partial charge on any atom is 0.328 e. The lowest BCUT2D eigenvalue weighted by Gasteiger charge is -2.09. The van der Waals surface area contributed by atoms with Crippen LogP contribution < -0.4 is 16.6 Å². The molecule has 0 aliphatic rings. The zero-order valence-electron chi connectivity index (χ0n) is 14.5. The van der Waals surface area contributed by atoms with Crippen LogP contribution in [0.5, 0.6) is 0 Å². The summed E-state index contributed by atoms with van der Waals surface area (Å²) in [5.41, 5.74) is 2.68. The predicted molar refractivity (Wildman–Crippen MR) is 97.6 cm³/mol. The van der Waals surface area contributed by atoms with Crippen LogP contribution >= 0.6 is 0 Å². The molecule has 0 atom stereocenters. The first-order chi connectivity index (χ1) is 12.4. The van der Waals surface area contributed by atoms with E-state index in [1.807, 2.05) is 42.7 Å². The van der Waals surface area contributed by atoms with Crippen molar-refractivity contribution in [3.8, 4) is 5.69 Å². The van der Waals surface area contributed by atoms with Gasteiger partial charge in [-0.2, -0.15) is 0 Å². The summed E-state index contributed by atoms with van der Waals surface area (Å²) in [4.78, 5) is 41.1. The number of aryl methyl sites for hydroxylation is 2. The van der Waals surface area contributed by atoms with Crippen LogP contribution in [0.3, 0.4) is 0 Å². The molecule has 3 rings (SSSR count). The third kappa shape index (κ3) is 3.80. The number of imidazole rings is 1. The predicted octanol–water partition coefficient (Wildman–Crippen LogP) is 1.37. The van der Waals surface area contributed by atoms with Crippen LogP contribution in [0.15, 0.2) is 52.4 Å². The van der Waals surface area contributed by atoms with Gasteiger partial charge in [0.15, 0.2) is 0 Å². The van der Waals surface area contributed by atoms with Gasteiger partial charge in [0, 0.05) is 42.3 Å². The van der Waals surface area contributed by atoms with Crippen LogP contribution in [0.2, 0.25) is 0 Å². The summed E-state index contributed by atoms with van der Waals surface area (Å²) in [5.74, 6) is -0.217. The first kappa shape index (κ1) is 17.4. The van der Waals surface area contributed by atoms with Crippen molar-refractivity contribution >= 4 is 11.6 Å². The summed E-state index contributed by atoms with van der Waals surface area (Å²) >= 11 is 0. The third-order valence-electron chi connectivity index (χ3n) is 4.16. The SMILES string of the molecule is Cc1ncn(-c2ccc(NC(=O)CCn3ccc(=O)[nH]c3=O)cc2)c1C. The Morgan fingerprint density at radius 2 is 1.88 bits per heavy atom. The average Bonchev–Trinajstić information content (AvgIpc) is 2.94. The number of hydrogen-bond donors (Lipinski definition) is 2. The second-order valence-electron chi connectivity index (χ2n) is 5.93. The van der Waals surface area contributed by atoms with Crippen molar-refractivity contribution in [3.05, 3.63) is 75.1 Å². The van der Waals surface area contributed by atoms with Crippen LogP contribution in [0.25, 0.3) is 5.69 Å². The zero-order chi connectivity index (χ0) is 18.7. The molecule has 2 aromatic heterocycles. The Balaban J connectivity index is 1.62. The molecule has 26 heavy (non-hydrogen) atoms. The van der Waals surface area contributed by atoms with E-state index in [9.17, 15) is 14.4 Å². The molecule has 0 saturated carbocycles. The lowest BCUT2D eigenvalue weighted by atomic mass is 10.2. The monoisotopic (exact) mass is 353 g/mol. The highest BCUT2D eigenvalue weighted by atomic mass is 16.2. The molecule has 1 aromatic carbocycles. The van der Waals surface area contributed by atoms with E-state index < -0.39 is 11.2 Å². The Morgan fingerprint density at radius 1 is 1.15 bits per heavy atom. The Labute approximate surface area is 149 Å². The highest BCUT2D eigenvalue weighted by Crippen LogP contribution is 2.16. The maximum atomic E-state index is 12.1. The first-order valence-corrected chi connectivity index (χ1v) is 8.14. The molecule has 8 nitrogen and oxygen atoms in total. The minimum absolute atomic E-state index is 0.119. The maximum absolute atomic E-state index is 12.1. The molecule has 3 aromatic rings. The van der Waals surface area contributed by atoms with Gasteiger partial charge >= 0.3 is 5.69 Å². The van der Waals surface area contributed by atoms with E-state index >= 15 is 0 Å². The molecule has 2 N–H and O–H groups in total. The largest absolute Gasteiger partial charge is 0.328 e. The van der Waals surface area contributed by atoms with Crippen LogP contribution in [0.1, 0.15) is 17.8 Å². The van der Waals surface area contributed by atoms with Crippen LogP contribution in [0.4, 0.5) is 5.69 Å². The third-order valence-corrected chi connectivity index (χ3v) is 4.16. The molecule has 0 fully saturated rings. The van der Waals surface area contributed by atoms with Crippen LogP contribution in [0, 0.1) is 13.8 Å². The molecule has 0 spiro atoms. The lowest BCUT2D eigenvalue weighted by Crippen LogP contribution is -2.29. The molecule has 0 unspecified atom stereocenters. The van der Waals surface area contributed by atoms with Gasteiger partial charge in [0.05, 0.1) is 12.0 Å². The van der Waals surface area contributed by atoms with Gasteiger partial charge < -0.3 is 14.5 Å². The van der Waals surface area contributed by atoms with E-state index in [4.69, 9.17) is 0 Å². The van der Waals surface area contributed by atoms with Gasteiger partial charge in [-0.05, 0) is 38.1 Å². The summed E-state index contributed by atoms with van der Waals surface area (Å²) in [6.45, 7) is 4.14. The minimum Gasteiger partial charge on any atom is -0.326 e. The highest BCUT2D eigenvalue weighted by Gasteiger charge is 2.07. The van der Waals surface area contributed by atoms with Gasteiger partial charge in [-0.3, -0.25) is 14.6 Å². The van der Waals surface area contributed by atoms with Crippen molar-refractivity contribution in [1.29, 1.82) is 0 Å². The number of hydrogen-bond acceptors (Lipinski definition) is 4. The van der Waals surface area contributed by atoms with Crippen molar-refractivity contribution in [3.63, 3.8) is 0 Å². The number of carbonyl (C=O) groups excluding carboxylic acids is 1. The Morgan fingerprint density at radius 3 is 2.50 bits per heavy atom. The highest BCUT2D eigenvalue weighted by molar-refractivity contribution is 5.90. The fraction of sp³-hybridized carbons (Fsp3) is 0.222.